The SMILES string of the molecule is [N-]=[N+]=NCCSc1nnc2ccccn12. The number of nitrogens with zero attached hydrogens (tertiary/aromatic N) is 6. The normalized spacial score (nSPS) is 10.1. The Labute approximate surface area is 89.9 Å². The van der Waals surface area contributed by atoms with Gasteiger partial charge in [0.1, 0.15) is 0 Å². The molecule has 7 heteroatoms. The van der Waals surface area contributed by atoms with Gasteiger partial charge in [-0.05, 0) is 17.7 Å². The quantitative estimate of drug-likeness (QED) is 0.260. The lowest BCUT2D eigenvalue weighted by Crippen LogP contribution is -1.89. The highest BCUT2D eigenvalue weighted by molar-refractivity contribution is 7.99. The maximum Gasteiger partial charge on any atom is 0.195 e. The van der Waals surface area contributed by atoms with E-state index in [1.54, 1.807) is 0 Å². The van der Waals surface area contributed by atoms with Crippen molar-refractivity contribution in [1.29, 1.82) is 0 Å². The van der Waals surface area contributed by atoms with E-state index >= 15 is 0 Å². The molecule has 0 saturated carbocycles. The predicted octanol–water partition coefficient (Wildman–Crippen LogP) is 2.13. The molecule has 76 valence electrons. The summed E-state index contributed by atoms with van der Waals surface area (Å²) in [6, 6.07) is 5.73. The molecule has 0 atom stereocenters. The van der Waals surface area contributed by atoms with Crippen LogP contribution in [0, 0.1) is 0 Å². The lowest BCUT2D eigenvalue weighted by molar-refractivity contribution is 0.919. The van der Waals surface area contributed by atoms with Crippen molar-refractivity contribution >= 4 is 17.4 Å². The fraction of sp³-hybridized carbons (Fsp3) is 0.250. The van der Waals surface area contributed by atoms with Crippen molar-refractivity contribution in [3.05, 3.63) is 34.8 Å². The van der Waals surface area contributed by atoms with Gasteiger partial charge in [0, 0.05) is 23.4 Å². The van der Waals surface area contributed by atoms with Gasteiger partial charge in [0.2, 0.25) is 0 Å². The molecule has 0 aromatic carbocycles. The van der Waals surface area contributed by atoms with Crippen LogP contribution in [0.15, 0.2) is 34.7 Å². The number of aromatic nitrogens is 3. The van der Waals surface area contributed by atoms with E-state index in [4.69, 9.17) is 5.53 Å². The fourth-order valence-corrected chi connectivity index (χ4v) is 1.89. The van der Waals surface area contributed by atoms with Crippen LogP contribution in [-0.4, -0.2) is 26.9 Å². The molecule has 2 aromatic heterocycles. The van der Waals surface area contributed by atoms with Gasteiger partial charge in [-0.2, -0.15) is 0 Å². The zero-order chi connectivity index (χ0) is 10.5. The molecular formula is C8H8N6S. The lowest BCUT2D eigenvalue weighted by Gasteiger charge is -1.96. The van der Waals surface area contributed by atoms with Crippen LogP contribution in [-0.2, 0) is 0 Å². The Morgan fingerprint density at radius 2 is 2.40 bits per heavy atom. The summed E-state index contributed by atoms with van der Waals surface area (Å²) in [7, 11) is 0. The highest BCUT2D eigenvalue weighted by Gasteiger charge is 2.03. The first kappa shape index (κ1) is 9.82. The van der Waals surface area contributed by atoms with Crippen LogP contribution in [0.2, 0.25) is 0 Å². The minimum absolute atomic E-state index is 0.461. The summed E-state index contributed by atoms with van der Waals surface area (Å²) in [5.41, 5.74) is 8.93. The third kappa shape index (κ3) is 2.20. The van der Waals surface area contributed by atoms with Gasteiger partial charge in [0.05, 0.1) is 0 Å². The number of hydrogen-bond acceptors (Lipinski definition) is 4. The van der Waals surface area contributed by atoms with Crippen molar-refractivity contribution in [3.8, 4) is 0 Å². The van der Waals surface area contributed by atoms with Crippen LogP contribution < -0.4 is 0 Å². The van der Waals surface area contributed by atoms with Crippen molar-refractivity contribution in [3.63, 3.8) is 0 Å². The predicted molar refractivity (Wildman–Crippen MR) is 57.7 cm³/mol. The standard InChI is InChI=1S/C8H8N6S/c9-13-10-4-6-15-8-12-11-7-3-1-2-5-14(7)8/h1-3,5H,4,6H2. The average Bonchev–Trinajstić information content (AvgIpc) is 2.68. The molecular weight excluding hydrogens is 212 g/mol. The Morgan fingerprint density at radius 3 is 3.27 bits per heavy atom. The summed E-state index contributed by atoms with van der Waals surface area (Å²) >= 11 is 1.52. The summed E-state index contributed by atoms with van der Waals surface area (Å²) in [6.07, 6.45) is 1.91. The summed E-state index contributed by atoms with van der Waals surface area (Å²) in [6.45, 7) is 0.461. The van der Waals surface area contributed by atoms with Crippen LogP contribution in [0.3, 0.4) is 0 Å². The molecule has 2 heterocycles. The molecule has 2 aromatic rings. The molecule has 0 aliphatic rings. The van der Waals surface area contributed by atoms with Gasteiger partial charge in [-0.25, -0.2) is 0 Å². The monoisotopic (exact) mass is 220 g/mol. The van der Waals surface area contributed by atoms with Crippen LogP contribution in [0.1, 0.15) is 0 Å². The van der Waals surface area contributed by atoms with E-state index in [1.807, 2.05) is 28.8 Å². The summed E-state index contributed by atoms with van der Waals surface area (Å²) in [5.74, 6) is 0.708. The van der Waals surface area contributed by atoms with E-state index < -0.39 is 0 Å². The molecule has 2 rings (SSSR count). The van der Waals surface area contributed by atoms with Crippen LogP contribution in [0.4, 0.5) is 0 Å². The number of hydrogen-bond donors (Lipinski definition) is 0. The molecule has 0 spiro atoms. The van der Waals surface area contributed by atoms with Crippen LogP contribution >= 0.6 is 11.8 Å². The van der Waals surface area contributed by atoms with E-state index in [-0.39, 0.29) is 0 Å². The van der Waals surface area contributed by atoms with Gasteiger partial charge in [-0.1, -0.05) is 22.9 Å². The maximum atomic E-state index is 8.11. The van der Waals surface area contributed by atoms with Gasteiger partial charge in [-0.15, -0.1) is 10.2 Å². The minimum Gasteiger partial charge on any atom is -0.277 e. The smallest absolute Gasteiger partial charge is 0.195 e. The second-order valence-electron chi connectivity index (χ2n) is 2.71. The molecule has 0 aliphatic heterocycles. The Morgan fingerprint density at radius 1 is 1.47 bits per heavy atom. The number of fused-ring (bicyclic) bond motifs is 1. The lowest BCUT2D eigenvalue weighted by atomic mass is 10.5. The molecule has 0 amide bonds. The Kier molecular flexibility index (Phi) is 3.06. The number of azide groups is 1. The first-order valence-corrected chi connectivity index (χ1v) is 5.34. The number of rotatable bonds is 4. The van der Waals surface area contributed by atoms with Gasteiger partial charge >= 0.3 is 0 Å². The van der Waals surface area contributed by atoms with Crippen molar-refractivity contribution in [1.82, 2.24) is 14.6 Å². The van der Waals surface area contributed by atoms with Crippen LogP contribution in [0.5, 0.6) is 0 Å². The molecule has 0 saturated heterocycles. The molecule has 15 heavy (non-hydrogen) atoms. The van der Waals surface area contributed by atoms with Crippen molar-refractivity contribution in [2.24, 2.45) is 5.11 Å². The molecule has 0 unspecified atom stereocenters. The van der Waals surface area contributed by atoms with E-state index in [2.05, 4.69) is 20.2 Å². The largest absolute Gasteiger partial charge is 0.277 e. The second kappa shape index (κ2) is 4.68. The third-order valence-electron chi connectivity index (χ3n) is 1.77. The van der Waals surface area contributed by atoms with E-state index in [9.17, 15) is 0 Å². The minimum atomic E-state index is 0.461. The van der Waals surface area contributed by atoms with Crippen LogP contribution in [0.25, 0.3) is 16.1 Å². The molecule has 0 aliphatic carbocycles. The highest BCUT2D eigenvalue weighted by Crippen LogP contribution is 2.15. The maximum absolute atomic E-state index is 8.11. The fourth-order valence-electron chi connectivity index (χ4n) is 1.14. The highest BCUT2D eigenvalue weighted by atomic mass is 32.2. The third-order valence-corrected chi connectivity index (χ3v) is 2.69. The first-order chi connectivity index (χ1) is 7.42. The first-order valence-electron chi connectivity index (χ1n) is 4.35. The zero-order valence-electron chi connectivity index (χ0n) is 7.82. The van der Waals surface area contributed by atoms with E-state index in [0.29, 0.717) is 12.3 Å². The Hall–Kier alpha value is -1.72. The van der Waals surface area contributed by atoms with Crippen molar-refractivity contribution < 1.29 is 0 Å². The number of pyridine rings is 1. The average molecular weight is 220 g/mol. The van der Waals surface area contributed by atoms with E-state index in [1.165, 1.54) is 11.8 Å². The summed E-state index contributed by atoms with van der Waals surface area (Å²) in [5, 5.41) is 12.3. The molecule has 0 radical (unpaired) electrons. The molecule has 6 nitrogen and oxygen atoms in total. The molecule has 0 bridgehead atoms. The molecule has 0 N–H and O–H groups in total. The zero-order valence-corrected chi connectivity index (χ0v) is 8.63. The second-order valence-corrected chi connectivity index (χ2v) is 3.78. The summed E-state index contributed by atoms with van der Waals surface area (Å²) < 4.78 is 1.90. The van der Waals surface area contributed by atoms with Gasteiger partial charge in [-0.3, -0.25) is 4.40 Å². The van der Waals surface area contributed by atoms with Crippen molar-refractivity contribution in [2.75, 3.05) is 12.3 Å². The number of thioether (sulfide) groups is 1. The topological polar surface area (TPSA) is 79.0 Å². The van der Waals surface area contributed by atoms with E-state index in [0.717, 1.165) is 10.8 Å². The van der Waals surface area contributed by atoms with Gasteiger partial charge in [0.25, 0.3) is 0 Å². The Balaban J connectivity index is 2.11. The molecule has 0 fully saturated rings. The van der Waals surface area contributed by atoms with Gasteiger partial charge in [0.15, 0.2) is 10.8 Å². The summed E-state index contributed by atoms with van der Waals surface area (Å²) in [4.78, 5) is 2.69. The Bertz CT molecular complexity index is 501. The van der Waals surface area contributed by atoms with Crippen molar-refractivity contribution in [2.45, 2.75) is 5.16 Å². The van der Waals surface area contributed by atoms with Gasteiger partial charge < -0.3 is 0 Å².